The molecule has 0 amide bonds. The number of nitrogens with zero attached hydrogens (tertiary/aromatic N) is 2. The van der Waals surface area contributed by atoms with E-state index in [9.17, 15) is 0 Å². The largest absolute Gasteiger partial charge is 0.493 e. The van der Waals surface area contributed by atoms with Gasteiger partial charge in [0.15, 0.2) is 5.96 Å². The van der Waals surface area contributed by atoms with Gasteiger partial charge in [-0.2, -0.15) is 0 Å². The standard InChI is InChI=1S/C22H36N4O/c1-3-12-26-13-10-18(11-14-26)15-24-22(23-2)25-16-20-6-4-5-7-21(20)27-17-19-8-9-19/h4-7,18-19H,3,8-17H2,1-2H3,(H2,23,24,25). The Morgan fingerprint density at radius 3 is 2.59 bits per heavy atom. The van der Waals surface area contributed by atoms with Gasteiger partial charge in [-0.3, -0.25) is 4.99 Å². The maximum absolute atomic E-state index is 6.01. The van der Waals surface area contributed by atoms with E-state index in [1.807, 2.05) is 13.1 Å². The highest BCUT2D eigenvalue weighted by Crippen LogP contribution is 2.30. The highest BCUT2D eigenvalue weighted by molar-refractivity contribution is 5.79. The molecule has 0 atom stereocenters. The van der Waals surface area contributed by atoms with Crippen LogP contribution in [0.1, 0.15) is 44.6 Å². The van der Waals surface area contributed by atoms with Gasteiger partial charge in [-0.05, 0) is 69.6 Å². The number of ether oxygens (including phenoxy) is 1. The number of rotatable bonds is 9. The summed E-state index contributed by atoms with van der Waals surface area (Å²) in [6.45, 7) is 8.55. The van der Waals surface area contributed by atoms with Crippen LogP contribution in [0.3, 0.4) is 0 Å². The van der Waals surface area contributed by atoms with Crippen molar-refractivity contribution < 1.29 is 4.74 Å². The summed E-state index contributed by atoms with van der Waals surface area (Å²) in [5, 5.41) is 6.96. The third-order valence-electron chi connectivity index (χ3n) is 5.62. The second-order valence-electron chi connectivity index (χ2n) is 7.95. The molecule has 3 rings (SSSR count). The van der Waals surface area contributed by atoms with Crippen molar-refractivity contribution in [2.75, 3.05) is 39.8 Å². The first kappa shape index (κ1) is 20.0. The molecule has 2 aliphatic rings. The Kier molecular flexibility index (Phi) is 7.81. The number of piperidine rings is 1. The quantitative estimate of drug-likeness (QED) is 0.516. The van der Waals surface area contributed by atoms with Crippen molar-refractivity contribution in [3.05, 3.63) is 29.8 Å². The van der Waals surface area contributed by atoms with Crippen molar-refractivity contribution in [1.82, 2.24) is 15.5 Å². The lowest BCUT2D eigenvalue weighted by atomic mass is 9.97. The van der Waals surface area contributed by atoms with Gasteiger partial charge in [0.05, 0.1) is 6.61 Å². The number of aliphatic imine (C=N–C) groups is 1. The molecule has 0 radical (unpaired) electrons. The van der Waals surface area contributed by atoms with Gasteiger partial charge in [0.1, 0.15) is 5.75 Å². The molecule has 0 bridgehead atoms. The second-order valence-corrected chi connectivity index (χ2v) is 7.95. The van der Waals surface area contributed by atoms with Crippen molar-refractivity contribution in [2.45, 2.75) is 45.6 Å². The molecule has 1 saturated carbocycles. The van der Waals surface area contributed by atoms with E-state index in [2.05, 4.69) is 45.6 Å². The first-order valence-electron chi connectivity index (χ1n) is 10.7. The van der Waals surface area contributed by atoms with Crippen molar-refractivity contribution in [2.24, 2.45) is 16.8 Å². The zero-order valence-corrected chi connectivity index (χ0v) is 17.0. The minimum Gasteiger partial charge on any atom is -0.493 e. The van der Waals surface area contributed by atoms with Crippen LogP contribution in [0.4, 0.5) is 0 Å². The van der Waals surface area contributed by atoms with Gasteiger partial charge in [0, 0.05) is 25.7 Å². The van der Waals surface area contributed by atoms with Crippen molar-refractivity contribution in [3.8, 4) is 5.75 Å². The van der Waals surface area contributed by atoms with Gasteiger partial charge in [-0.1, -0.05) is 25.1 Å². The van der Waals surface area contributed by atoms with Crippen LogP contribution in [-0.2, 0) is 6.54 Å². The first-order valence-corrected chi connectivity index (χ1v) is 10.7. The van der Waals surface area contributed by atoms with E-state index in [1.54, 1.807) is 0 Å². The number of para-hydroxylation sites is 1. The van der Waals surface area contributed by atoms with Crippen LogP contribution in [0.15, 0.2) is 29.3 Å². The number of hydrogen-bond donors (Lipinski definition) is 2. The number of nitrogens with one attached hydrogen (secondary N) is 2. The van der Waals surface area contributed by atoms with Crippen molar-refractivity contribution in [1.29, 1.82) is 0 Å². The minimum absolute atomic E-state index is 0.732. The highest BCUT2D eigenvalue weighted by Gasteiger charge is 2.22. The van der Waals surface area contributed by atoms with E-state index < -0.39 is 0 Å². The summed E-state index contributed by atoms with van der Waals surface area (Å²) < 4.78 is 6.01. The van der Waals surface area contributed by atoms with Gasteiger partial charge in [0.25, 0.3) is 0 Å². The van der Waals surface area contributed by atoms with Crippen LogP contribution >= 0.6 is 0 Å². The molecular weight excluding hydrogens is 336 g/mol. The summed E-state index contributed by atoms with van der Waals surface area (Å²) in [6.07, 6.45) is 6.44. The fourth-order valence-corrected chi connectivity index (χ4v) is 3.65. The van der Waals surface area contributed by atoms with Crippen LogP contribution in [0.2, 0.25) is 0 Å². The third kappa shape index (κ3) is 6.73. The zero-order chi connectivity index (χ0) is 18.9. The Morgan fingerprint density at radius 1 is 1.11 bits per heavy atom. The molecule has 150 valence electrons. The topological polar surface area (TPSA) is 48.9 Å². The average molecular weight is 373 g/mol. The minimum atomic E-state index is 0.732. The maximum atomic E-state index is 6.01. The fraction of sp³-hybridized carbons (Fsp3) is 0.682. The molecular formula is C22H36N4O. The van der Waals surface area contributed by atoms with Gasteiger partial charge < -0.3 is 20.3 Å². The van der Waals surface area contributed by atoms with E-state index >= 15 is 0 Å². The average Bonchev–Trinajstić information content (AvgIpc) is 3.53. The van der Waals surface area contributed by atoms with Crippen LogP contribution in [0.25, 0.3) is 0 Å². The molecule has 5 heteroatoms. The van der Waals surface area contributed by atoms with E-state index in [4.69, 9.17) is 4.74 Å². The Balaban J connectivity index is 1.40. The summed E-state index contributed by atoms with van der Waals surface area (Å²) in [7, 11) is 1.84. The van der Waals surface area contributed by atoms with E-state index in [-0.39, 0.29) is 0 Å². The number of likely N-dealkylation sites (tertiary alicyclic amines) is 1. The molecule has 1 aromatic carbocycles. The number of hydrogen-bond acceptors (Lipinski definition) is 3. The number of benzene rings is 1. The summed E-state index contributed by atoms with van der Waals surface area (Å²) in [6, 6.07) is 8.32. The lowest BCUT2D eigenvalue weighted by Gasteiger charge is -2.32. The molecule has 1 heterocycles. The first-order chi connectivity index (χ1) is 13.3. The molecule has 1 saturated heterocycles. The zero-order valence-electron chi connectivity index (χ0n) is 17.0. The summed E-state index contributed by atoms with van der Waals surface area (Å²) in [5.74, 6) is 3.38. The summed E-state index contributed by atoms with van der Waals surface area (Å²) in [4.78, 5) is 6.97. The Labute approximate surface area is 164 Å². The second kappa shape index (κ2) is 10.5. The highest BCUT2D eigenvalue weighted by atomic mass is 16.5. The molecule has 1 aliphatic heterocycles. The van der Waals surface area contributed by atoms with Crippen LogP contribution in [0.5, 0.6) is 5.75 Å². The lowest BCUT2D eigenvalue weighted by Crippen LogP contribution is -2.42. The molecule has 1 aliphatic carbocycles. The molecule has 1 aromatic rings. The van der Waals surface area contributed by atoms with Gasteiger partial charge >= 0.3 is 0 Å². The molecule has 2 N–H and O–H groups in total. The van der Waals surface area contributed by atoms with Gasteiger partial charge in [-0.15, -0.1) is 0 Å². The van der Waals surface area contributed by atoms with Crippen LogP contribution < -0.4 is 15.4 Å². The lowest BCUT2D eigenvalue weighted by molar-refractivity contribution is 0.185. The maximum Gasteiger partial charge on any atom is 0.191 e. The van der Waals surface area contributed by atoms with E-state index in [0.717, 1.165) is 43.2 Å². The summed E-state index contributed by atoms with van der Waals surface area (Å²) in [5.41, 5.74) is 1.19. The molecule has 2 fully saturated rings. The Morgan fingerprint density at radius 2 is 1.89 bits per heavy atom. The third-order valence-corrected chi connectivity index (χ3v) is 5.62. The van der Waals surface area contributed by atoms with Crippen LogP contribution in [0, 0.1) is 11.8 Å². The number of guanidine groups is 1. The summed E-state index contributed by atoms with van der Waals surface area (Å²) >= 11 is 0. The molecule has 27 heavy (non-hydrogen) atoms. The normalized spacial score (nSPS) is 19.1. The predicted molar refractivity (Wildman–Crippen MR) is 112 cm³/mol. The smallest absolute Gasteiger partial charge is 0.191 e. The molecule has 0 spiro atoms. The molecule has 0 unspecified atom stereocenters. The molecule has 5 nitrogen and oxygen atoms in total. The van der Waals surface area contributed by atoms with Gasteiger partial charge in [0.2, 0.25) is 0 Å². The Hall–Kier alpha value is -1.75. The van der Waals surface area contributed by atoms with Crippen molar-refractivity contribution in [3.63, 3.8) is 0 Å². The fourth-order valence-electron chi connectivity index (χ4n) is 3.65. The van der Waals surface area contributed by atoms with Crippen molar-refractivity contribution >= 4 is 5.96 Å². The van der Waals surface area contributed by atoms with E-state index in [0.29, 0.717) is 0 Å². The molecule has 0 aromatic heterocycles. The predicted octanol–water partition coefficient (Wildman–Crippen LogP) is 3.26. The van der Waals surface area contributed by atoms with Gasteiger partial charge in [-0.25, -0.2) is 0 Å². The monoisotopic (exact) mass is 372 g/mol. The van der Waals surface area contributed by atoms with Crippen LogP contribution in [-0.4, -0.2) is 50.7 Å². The van der Waals surface area contributed by atoms with E-state index in [1.165, 1.54) is 57.3 Å². The SMILES string of the molecule is CCCN1CCC(CNC(=NC)NCc2ccccc2OCC2CC2)CC1. The Bertz CT molecular complexity index is 592.